The molecule has 7 nitrogen and oxygen atoms in total. The molecule has 0 unspecified atom stereocenters. The first-order chi connectivity index (χ1) is 15.3. The molecule has 3 aromatic rings. The molecule has 1 aromatic heterocycles. The number of sulfonamides is 1. The summed E-state index contributed by atoms with van der Waals surface area (Å²) in [6.45, 7) is 3.62. The van der Waals surface area contributed by atoms with Crippen LogP contribution in [0, 0.1) is 6.92 Å². The second-order valence-corrected chi connectivity index (χ2v) is 9.26. The minimum absolute atomic E-state index is 0.0308. The van der Waals surface area contributed by atoms with Gasteiger partial charge in [-0.15, -0.1) is 0 Å². The zero-order valence-corrected chi connectivity index (χ0v) is 19.2. The zero-order valence-electron chi connectivity index (χ0n) is 18.4. The molecule has 0 spiro atoms. The second-order valence-electron chi connectivity index (χ2n) is 7.32. The Morgan fingerprint density at radius 3 is 2.47 bits per heavy atom. The first-order valence-corrected chi connectivity index (χ1v) is 11.7. The lowest BCUT2D eigenvalue weighted by Gasteiger charge is -2.22. The number of ether oxygens (including phenoxy) is 1. The predicted molar refractivity (Wildman–Crippen MR) is 124 cm³/mol. The number of hydrogen-bond donors (Lipinski definition) is 1. The number of hydrogen-bond acceptors (Lipinski definition) is 5. The van der Waals surface area contributed by atoms with Gasteiger partial charge in [0.1, 0.15) is 10.6 Å². The molecule has 1 heterocycles. The van der Waals surface area contributed by atoms with Crippen molar-refractivity contribution in [3.05, 3.63) is 83.7 Å². The van der Waals surface area contributed by atoms with Gasteiger partial charge in [0.15, 0.2) is 0 Å². The first-order valence-electron chi connectivity index (χ1n) is 10.3. The summed E-state index contributed by atoms with van der Waals surface area (Å²) in [6.07, 6.45) is 3.54. The number of carbonyl (C=O) groups excluding carboxylic acids is 1. The third-order valence-corrected chi connectivity index (χ3v) is 6.89. The molecule has 32 heavy (non-hydrogen) atoms. The molecule has 0 saturated heterocycles. The summed E-state index contributed by atoms with van der Waals surface area (Å²) in [7, 11) is -2.39. The Morgan fingerprint density at radius 1 is 1.09 bits per heavy atom. The van der Waals surface area contributed by atoms with E-state index in [-0.39, 0.29) is 18.0 Å². The second kappa shape index (κ2) is 10.4. The van der Waals surface area contributed by atoms with Gasteiger partial charge < -0.3 is 10.1 Å². The summed E-state index contributed by atoms with van der Waals surface area (Å²) >= 11 is 0. The summed E-state index contributed by atoms with van der Waals surface area (Å²) in [4.78, 5) is 16.9. The van der Waals surface area contributed by atoms with E-state index in [1.165, 1.54) is 18.5 Å². The Balaban J connectivity index is 1.89. The molecule has 0 fully saturated rings. The van der Waals surface area contributed by atoms with Crippen LogP contribution in [0.5, 0.6) is 5.75 Å². The lowest BCUT2D eigenvalue weighted by atomic mass is 10.1. The Hall–Kier alpha value is -3.23. The Kier molecular flexibility index (Phi) is 7.61. The highest BCUT2D eigenvalue weighted by Gasteiger charge is 2.27. The first kappa shape index (κ1) is 23.4. The van der Waals surface area contributed by atoms with E-state index in [2.05, 4.69) is 10.3 Å². The third kappa shape index (κ3) is 5.52. The van der Waals surface area contributed by atoms with Crippen molar-refractivity contribution in [2.24, 2.45) is 0 Å². The third-order valence-electron chi connectivity index (χ3n) is 5.11. The molecule has 0 aliphatic carbocycles. The van der Waals surface area contributed by atoms with Crippen LogP contribution in [-0.2, 0) is 27.8 Å². The number of amides is 1. The van der Waals surface area contributed by atoms with Gasteiger partial charge in [0.05, 0.1) is 13.7 Å². The van der Waals surface area contributed by atoms with Crippen LogP contribution in [0.2, 0.25) is 0 Å². The van der Waals surface area contributed by atoms with Gasteiger partial charge in [-0.25, -0.2) is 8.42 Å². The Bertz CT molecular complexity index is 1160. The summed E-state index contributed by atoms with van der Waals surface area (Å²) in [6, 6.07) is 15.9. The van der Waals surface area contributed by atoms with Crippen molar-refractivity contribution in [2.75, 3.05) is 19.0 Å². The van der Waals surface area contributed by atoms with Crippen molar-refractivity contribution in [3.8, 4) is 5.75 Å². The number of rotatable bonds is 9. The van der Waals surface area contributed by atoms with Crippen molar-refractivity contribution < 1.29 is 17.9 Å². The minimum Gasteiger partial charge on any atom is -0.497 e. The maximum absolute atomic E-state index is 13.3. The van der Waals surface area contributed by atoms with Crippen molar-refractivity contribution in [1.82, 2.24) is 9.29 Å². The average molecular weight is 454 g/mol. The monoisotopic (exact) mass is 453 g/mol. The molecular weight excluding hydrogens is 426 g/mol. The quantitative estimate of drug-likeness (QED) is 0.533. The topological polar surface area (TPSA) is 88.6 Å². The van der Waals surface area contributed by atoms with Crippen molar-refractivity contribution in [3.63, 3.8) is 0 Å². The van der Waals surface area contributed by atoms with Gasteiger partial charge in [-0.2, -0.15) is 4.31 Å². The molecule has 1 amide bonds. The molecule has 0 bridgehead atoms. The van der Waals surface area contributed by atoms with E-state index in [4.69, 9.17) is 4.74 Å². The number of aryl methyl sites for hydroxylation is 2. The van der Waals surface area contributed by atoms with E-state index in [0.29, 0.717) is 5.75 Å². The fourth-order valence-corrected chi connectivity index (χ4v) is 4.70. The molecule has 0 atom stereocenters. The molecule has 1 N–H and O–H groups in total. The van der Waals surface area contributed by atoms with Crippen molar-refractivity contribution in [2.45, 2.75) is 31.7 Å². The van der Waals surface area contributed by atoms with Gasteiger partial charge in [-0.05, 0) is 54.3 Å². The fourth-order valence-electron chi connectivity index (χ4n) is 3.35. The lowest BCUT2D eigenvalue weighted by Crippen LogP contribution is -2.37. The van der Waals surface area contributed by atoms with Gasteiger partial charge in [-0.1, -0.05) is 37.3 Å². The normalized spacial score (nSPS) is 11.4. The Morgan fingerprint density at radius 2 is 1.84 bits per heavy atom. The van der Waals surface area contributed by atoms with Crippen LogP contribution < -0.4 is 10.1 Å². The summed E-state index contributed by atoms with van der Waals surface area (Å²) in [5.74, 6) is 0.259. The maximum Gasteiger partial charge on any atom is 0.245 e. The highest BCUT2D eigenvalue weighted by Crippen LogP contribution is 2.23. The summed E-state index contributed by atoms with van der Waals surface area (Å²) in [5, 5.41) is 2.91. The molecule has 8 heteroatoms. The zero-order chi connectivity index (χ0) is 23.1. The molecule has 168 valence electrons. The van der Waals surface area contributed by atoms with Crippen LogP contribution >= 0.6 is 0 Å². The number of methoxy groups -OCH3 is 1. The van der Waals surface area contributed by atoms with E-state index >= 15 is 0 Å². The minimum atomic E-state index is -3.95. The molecule has 0 radical (unpaired) electrons. The SMILES string of the molecule is CCc1cccc(C)c1NC(=O)CN(Cc1ccc(OC)cc1)S(=O)(=O)c1cccnc1. The maximum atomic E-state index is 13.3. The van der Waals surface area contributed by atoms with Crippen LogP contribution in [0.4, 0.5) is 5.69 Å². The number of nitrogens with zero attached hydrogens (tertiary/aromatic N) is 2. The standard InChI is InChI=1S/C24H27N3O4S/c1-4-20-8-5-7-18(2)24(20)26-23(28)17-27(16-19-10-12-21(31-3)13-11-19)32(29,30)22-9-6-14-25-15-22/h5-15H,4,16-17H2,1-3H3,(H,26,28). The van der Waals surface area contributed by atoms with E-state index in [0.717, 1.165) is 33.1 Å². The summed E-state index contributed by atoms with van der Waals surface area (Å²) in [5.41, 5.74) is 3.38. The fraction of sp³-hybridized carbons (Fsp3) is 0.250. The highest BCUT2D eigenvalue weighted by atomic mass is 32.2. The van der Waals surface area contributed by atoms with E-state index in [1.807, 2.05) is 32.0 Å². The number of aromatic nitrogens is 1. The van der Waals surface area contributed by atoms with Crippen molar-refractivity contribution >= 4 is 21.6 Å². The highest BCUT2D eigenvalue weighted by molar-refractivity contribution is 7.89. The molecule has 2 aromatic carbocycles. The number of pyridine rings is 1. The van der Waals surface area contributed by atoms with Crippen LogP contribution in [0.15, 0.2) is 71.9 Å². The van der Waals surface area contributed by atoms with E-state index < -0.39 is 15.9 Å². The van der Waals surface area contributed by atoms with Gasteiger partial charge >= 0.3 is 0 Å². The molecule has 0 aliphatic heterocycles. The molecular formula is C24H27N3O4S. The largest absolute Gasteiger partial charge is 0.497 e. The van der Waals surface area contributed by atoms with Gasteiger partial charge in [-0.3, -0.25) is 9.78 Å². The lowest BCUT2D eigenvalue weighted by molar-refractivity contribution is -0.116. The van der Waals surface area contributed by atoms with Crippen molar-refractivity contribution in [1.29, 1.82) is 0 Å². The van der Waals surface area contributed by atoms with Crippen LogP contribution in [-0.4, -0.2) is 37.3 Å². The number of benzene rings is 2. The van der Waals surface area contributed by atoms with Gasteiger partial charge in [0.2, 0.25) is 15.9 Å². The van der Waals surface area contributed by atoms with Crippen LogP contribution in [0.3, 0.4) is 0 Å². The number of carbonyl (C=O) groups is 1. The predicted octanol–water partition coefficient (Wildman–Crippen LogP) is 3.79. The van der Waals surface area contributed by atoms with E-state index in [9.17, 15) is 13.2 Å². The average Bonchev–Trinajstić information content (AvgIpc) is 2.81. The van der Waals surface area contributed by atoms with Gasteiger partial charge in [0, 0.05) is 24.6 Å². The number of anilines is 1. The number of para-hydroxylation sites is 1. The molecule has 0 aliphatic rings. The van der Waals surface area contributed by atoms with E-state index in [1.54, 1.807) is 37.4 Å². The van der Waals surface area contributed by atoms with Crippen LogP contribution in [0.1, 0.15) is 23.6 Å². The summed E-state index contributed by atoms with van der Waals surface area (Å²) < 4.78 is 33.0. The Labute approximate surface area is 189 Å². The van der Waals surface area contributed by atoms with Crippen LogP contribution in [0.25, 0.3) is 0 Å². The molecule has 0 saturated carbocycles. The molecule has 3 rings (SSSR count). The smallest absolute Gasteiger partial charge is 0.245 e. The number of nitrogens with one attached hydrogen (secondary N) is 1. The van der Waals surface area contributed by atoms with Gasteiger partial charge in [0.25, 0.3) is 0 Å².